The molecule has 0 aliphatic carbocycles. The van der Waals surface area contributed by atoms with Crippen LogP contribution in [0.15, 0.2) is 22.9 Å². The molecule has 4 nitrogen and oxygen atoms in total. The van der Waals surface area contributed by atoms with Gasteiger partial charge in [-0.2, -0.15) is 4.98 Å². The molecule has 2 heterocycles. The van der Waals surface area contributed by atoms with Crippen LogP contribution in [0.25, 0.3) is 11.1 Å². The number of fused-ring (bicyclic) bond motifs is 1. The number of pyridine rings is 1. The van der Waals surface area contributed by atoms with E-state index < -0.39 is 0 Å². The first-order valence-electron chi connectivity index (χ1n) is 4.70. The zero-order valence-electron chi connectivity index (χ0n) is 8.32. The molecule has 2 rings (SSSR count). The van der Waals surface area contributed by atoms with Crippen molar-refractivity contribution in [3.05, 3.63) is 18.5 Å². The van der Waals surface area contributed by atoms with E-state index in [1.165, 1.54) is 0 Å². The van der Waals surface area contributed by atoms with Crippen LogP contribution in [0.1, 0.15) is 13.8 Å². The number of nitrogens with one attached hydrogen (secondary N) is 1. The summed E-state index contributed by atoms with van der Waals surface area (Å²) in [7, 11) is 0. The molecule has 2 aromatic heterocycles. The van der Waals surface area contributed by atoms with Gasteiger partial charge >= 0.3 is 0 Å². The molecular formula is C10H13N3O. The predicted molar refractivity (Wildman–Crippen MR) is 55.1 cm³/mol. The van der Waals surface area contributed by atoms with Crippen LogP contribution >= 0.6 is 0 Å². The molecule has 4 heteroatoms. The SMILES string of the molecule is CC(C)CNc1nc2cnccc2o1. The van der Waals surface area contributed by atoms with E-state index >= 15 is 0 Å². The molecule has 2 aromatic rings. The molecule has 0 aliphatic rings. The normalized spacial score (nSPS) is 11.1. The monoisotopic (exact) mass is 191 g/mol. The number of anilines is 1. The molecule has 0 aliphatic heterocycles. The van der Waals surface area contributed by atoms with Gasteiger partial charge in [0.25, 0.3) is 6.01 Å². The van der Waals surface area contributed by atoms with Gasteiger partial charge in [-0.1, -0.05) is 13.8 Å². The van der Waals surface area contributed by atoms with Gasteiger partial charge in [0.1, 0.15) is 5.52 Å². The minimum absolute atomic E-state index is 0.571. The van der Waals surface area contributed by atoms with E-state index in [4.69, 9.17) is 4.42 Å². The standard InChI is InChI=1S/C10H13N3O/c1-7(2)5-12-10-13-8-6-11-4-3-9(8)14-10/h3-4,6-7H,5H2,1-2H3,(H,12,13). The van der Waals surface area contributed by atoms with Crippen molar-refractivity contribution in [2.45, 2.75) is 13.8 Å². The van der Waals surface area contributed by atoms with Gasteiger partial charge in [0.05, 0.1) is 6.20 Å². The number of nitrogens with zero attached hydrogens (tertiary/aromatic N) is 2. The zero-order valence-corrected chi connectivity index (χ0v) is 8.32. The fourth-order valence-electron chi connectivity index (χ4n) is 1.15. The highest BCUT2D eigenvalue weighted by molar-refractivity contribution is 5.72. The molecule has 0 radical (unpaired) electrons. The highest BCUT2D eigenvalue weighted by Crippen LogP contribution is 2.16. The summed E-state index contributed by atoms with van der Waals surface area (Å²) >= 11 is 0. The van der Waals surface area contributed by atoms with Gasteiger partial charge in [-0.25, -0.2) is 0 Å². The van der Waals surface area contributed by atoms with Crippen molar-refractivity contribution in [2.24, 2.45) is 5.92 Å². The Bertz CT molecular complexity index is 389. The van der Waals surface area contributed by atoms with E-state index in [1.54, 1.807) is 12.4 Å². The molecule has 0 aromatic carbocycles. The summed E-state index contributed by atoms with van der Waals surface area (Å²) in [6.07, 6.45) is 3.39. The van der Waals surface area contributed by atoms with Crippen LogP contribution in [-0.2, 0) is 0 Å². The Labute approximate surface area is 82.4 Å². The van der Waals surface area contributed by atoms with Crippen LogP contribution in [0.3, 0.4) is 0 Å². The van der Waals surface area contributed by atoms with E-state index in [0.29, 0.717) is 11.9 Å². The maximum atomic E-state index is 5.46. The van der Waals surface area contributed by atoms with E-state index in [-0.39, 0.29) is 0 Å². The Hall–Kier alpha value is -1.58. The van der Waals surface area contributed by atoms with Crippen LogP contribution < -0.4 is 5.32 Å². The van der Waals surface area contributed by atoms with Gasteiger partial charge < -0.3 is 9.73 Å². The van der Waals surface area contributed by atoms with Crippen molar-refractivity contribution in [1.82, 2.24) is 9.97 Å². The summed E-state index contributed by atoms with van der Waals surface area (Å²) in [6, 6.07) is 2.38. The molecule has 0 saturated heterocycles. The van der Waals surface area contributed by atoms with Crippen molar-refractivity contribution in [3.8, 4) is 0 Å². The minimum atomic E-state index is 0.571. The average molecular weight is 191 g/mol. The Morgan fingerprint density at radius 3 is 3.07 bits per heavy atom. The quantitative estimate of drug-likeness (QED) is 0.808. The van der Waals surface area contributed by atoms with Crippen molar-refractivity contribution >= 4 is 17.1 Å². The van der Waals surface area contributed by atoms with E-state index in [9.17, 15) is 0 Å². The molecule has 0 saturated carbocycles. The fraction of sp³-hybridized carbons (Fsp3) is 0.400. The van der Waals surface area contributed by atoms with E-state index in [2.05, 4.69) is 29.1 Å². The van der Waals surface area contributed by atoms with Crippen LogP contribution in [0, 0.1) is 5.92 Å². The second-order valence-electron chi connectivity index (χ2n) is 3.64. The second kappa shape index (κ2) is 3.65. The third kappa shape index (κ3) is 1.84. The van der Waals surface area contributed by atoms with Crippen molar-refractivity contribution in [1.29, 1.82) is 0 Å². The van der Waals surface area contributed by atoms with Gasteiger partial charge in [-0.15, -0.1) is 0 Å². The molecule has 0 unspecified atom stereocenters. The predicted octanol–water partition coefficient (Wildman–Crippen LogP) is 2.29. The summed E-state index contributed by atoms with van der Waals surface area (Å²) in [4.78, 5) is 8.22. The topological polar surface area (TPSA) is 51.0 Å². The number of hydrogen-bond acceptors (Lipinski definition) is 4. The minimum Gasteiger partial charge on any atom is -0.423 e. The van der Waals surface area contributed by atoms with Crippen LogP contribution in [0.5, 0.6) is 0 Å². The lowest BCUT2D eigenvalue weighted by atomic mass is 10.2. The van der Waals surface area contributed by atoms with Crippen LogP contribution in [0.2, 0.25) is 0 Å². The van der Waals surface area contributed by atoms with Crippen LogP contribution in [0.4, 0.5) is 6.01 Å². The van der Waals surface area contributed by atoms with Crippen molar-refractivity contribution in [3.63, 3.8) is 0 Å². The first-order valence-corrected chi connectivity index (χ1v) is 4.70. The fourth-order valence-corrected chi connectivity index (χ4v) is 1.15. The first kappa shape index (κ1) is 8.99. The zero-order chi connectivity index (χ0) is 9.97. The van der Waals surface area contributed by atoms with Crippen molar-refractivity contribution < 1.29 is 4.42 Å². The molecule has 74 valence electrons. The van der Waals surface area contributed by atoms with Crippen molar-refractivity contribution in [2.75, 3.05) is 11.9 Å². The van der Waals surface area contributed by atoms with Crippen LogP contribution in [-0.4, -0.2) is 16.5 Å². The molecular weight excluding hydrogens is 178 g/mol. The van der Waals surface area contributed by atoms with Gasteiger partial charge in [-0.05, 0) is 5.92 Å². The number of hydrogen-bond donors (Lipinski definition) is 1. The maximum Gasteiger partial charge on any atom is 0.295 e. The molecule has 0 fully saturated rings. The third-order valence-electron chi connectivity index (χ3n) is 1.85. The summed E-state index contributed by atoms with van der Waals surface area (Å²) in [6.45, 7) is 5.13. The van der Waals surface area contributed by atoms with Gasteiger partial charge in [-0.3, -0.25) is 4.98 Å². The smallest absolute Gasteiger partial charge is 0.295 e. The van der Waals surface area contributed by atoms with Gasteiger partial charge in [0.2, 0.25) is 0 Å². The Balaban J connectivity index is 2.19. The lowest BCUT2D eigenvalue weighted by molar-refractivity contribution is 0.596. The van der Waals surface area contributed by atoms with Gasteiger partial charge in [0.15, 0.2) is 5.58 Å². The largest absolute Gasteiger partial charge is 0.423 e. The molecule has 14 heavy (non-hydrogen) atoms. The summed E-state index contributed by atoms with van der Waals surface area (Å²) in [5.74, 6) is 0.572. The summed E-state index contributed by atoms with van der Waals surface area (Å²) < 4.78 is 5.46. The van der Waals surface area contributed by atoms with E-state index in [1.807, 2.05) is 6.07 Å². The molecule has 0 amide bonds. The van der Waals surface area contributed by atoms with E-state index in [0.717, 1.165) is 17.6 Å². The first-order chi connectivity index (χ1) is 6.75. The molecule has 1 N–H and O–H groups in total. The Morgan fingerprint density at radius 1 is 1.50 bits per heavy atom. The molecule has 0 atom stereocenters. The lowest BCUT2D eigenvalue weighted by Crippen LogP contribution is -2.07. The average Bonchev–Trinajstić information content (AvgIpc) is 2.57. The summed E-state index contributed by atoms with van der Waals surface area (Å²) in [5.41, 5.74) is 1.56. The van der Waals surface area contributed by atoms with Gasteiger partial charge in [0, 0.05) is 18.8 Å². The molecule has 0 bridgehead atoms. The number of rotatable bonds is 3. The third-order valence-corrected chi connectivity index (χ3v) is 1.85. The lowest BCUT2D eigenvalue weighted by Gasteiger charge is -2.03. The Morgan fingerprint density at radius 2 is 2.36 bits per heavy atom. The molecule has 0 spiro atoms. The summed E-state index contributed by atoms with van der Waals surface area (Å²) in [5, 5.41) is 3.13. The highest BCUT2D eigenvalue weighted by Gasteiger charge is 2.04. The number of oxazole rings is 1. The number of aromatic nitrogens is 2. The Kier molecular flexibility index (Phi) is 2.35. The second-order valence-corrected chi connectivity index (χ2v) is 3.64. The maximum absolute atomic E-state index is 5.46. The highest BCUT2D eigenvalue weighted by atomic mass is 16.4.